The molecular formula is C12H17NO2. The lowest BCUT2D eigenvalue weighted by Crippen LogP contribution is -2.15. The van der Waals surface area contributed by atoms with Crippen molar-refractivity contribution in [2.45, 2.75) is 13.3 Å². The number of hydrogen-bond acceptors (Lipinski definition) is 3. The molecule has 0 aliphatic heterocycles. The van der Waals surface area contributed by atoms with Gasteiger partial charge in [0, 0.05) is 14.1 Å². The van der Waals surface area contributed by atoms with Gasteiger partial charge >= 0.3 is 5.97 Å². The molecule has 0 aliphatic carbocycles. The summed E-state index contributed by atoms with van der Waals surface area (Å²) < 4.78 is 4.73. The van der Waals surface area contributed by atoms with E-state index in [1.165, 1.54) is 12.7 Å². The van der Waals surface area contributed by atoms with Gasteiger partial charge in [-0.3, -0.25) is 0 Å². The predicted octanol–water partition coefficient (Wildman–Crippen LogP) is 2.10. The maximum absolute atomic E-state index is 11.5. The average molecular weight is 207 g/mol. The highest BCUT2D eigenvalue weighted by atomic mass is 16.5. The molecule has 0 spiro atoms. The fourth-order valence-corrected chi connectivity index (χ4v) is 1.45. The number of methoxy groups -OCH3 is 1. The average Bonchev–Trinajstić information content (AvgIpc) is 2.27. The minimum absolute atomic E-state index is 0.290. The predicted molar refractivity (Wildman–Crippen MR) is 61.5 cm³/mol. The minimum atomic E-state index is -0.290. The fourth-order valence-electron chi connectivity index (χ4n) is 1.45. The van der Waals surface area contributed by atoms with E-state index in [1.54, 1.807) is 0 Å². The summed E-state index contributed by atoms with van der Waals surface area (Å²) in [5, 5.41) is 0. The second kappa shape index (κ2) is 4.82. The molecule has 0 aliphatic rings. The van der Waals surface area contributed by atoms with Crippen LogP contribution < -0.4 is 4.90 Å². The molecule has 0 fully saturated rings. The number of aryl methyl sites for hydroxylation is 1. The van der Waals surface area contributed by atoms with Crippen molar-refractivity contribution in [3.05, 3.63) is 29.3 Å². The van der Waals surface area contributed by atoms with Crippen molar-refractivity contribution in [1.29, 1.82) is 0 Å². The maximum Gasteiger partial charge on any atom is 0.339 e. The Bertz CT molecular complexity index is 359. The second-order valence-corrected chi connectivity index (χ2v) is 3.59. The van der Waals surface area contributed by atoms with E-state index in [9.17, 15) is 4.79 Å². The summed E-state index contributed by atoms with van der Waals surface area (Å²) in [6.45, 7) is 2.09. The van der Waals surface area contributed by atoms with Crippen LogP contribution in [0.3, 0.4) is 0 Å². The van der Waals surface area contributed by atoms with E-state index in [2.05, 4.69) is 6.92 Å². The molecule has 0 N–H and O–H groups in total. The third-order valence-corrected chi connectivity index (χ3v) is 2.36. The van der Waals surface area contributed by atoms with E-state index < -0.39 is 0 Å². The zero-order valence-electron chi connectivity index (χ0n) is 9.70. The molecule has 82 valence electrons. The highest BCUT2D eigenvalue weighted by molar-refractivity contribution is 5.95. The smallest absolute Gasteiger partial charge is 0.339 e. The summed E-state index contributed by atoms with van der Waals surface area (Å²) in [5.41, 5.74) is 2.73. The van der Waals surface area contributed by atoms with Gasteiger partial charge in [-0.25, -0.2) is 4.79 Å². The first-order valence-corrected chi connectivity index (χ1v) is 4.98. The largest absolute Gasteiger partial charge is 0.465 e. The van der Waals surface area contributed by atoms with E-state index in [4.69, 9.17) is 4.74 Å². The van der Waals surface area contributed by atoms with E-state index in [1.807, 2.05) is 37.2 Å². The Morgan fingerprint density at radius 3 is 2.53 bits per heavy atom. The molecule has 0 unspecified atom stereocenters. The van der Waals surface area contributed by atoms with Crippen LogP contribution in [0, 0.1) is 0 Å². The number of nitrogens with zero attached hydrogens (tertiary/aromatic N) is 1. The Morgan fingerprint density at radius 2 is 2.07 bits per heavy atom. The molecule has 1 rings (SSSR count). The van der Waals surface area contributed by atoms with Crippen LogP contribution in [0.1, 0.15) is 22.8 Å². The minimum Gasteiger partial charge on any atom is -0.465 e. The number of benzene rings is 1. The van der Waals surface area contributed by atoms with Crippen LogP contribution in [-0.4, -0.2) is 27.2 Å². The number of carbonyl (C=O) groups is 1. The van der Waals surface area contributed by atoms with E-state index in [-0.39, 0.29) is 5.97 Å². The van der Waals surface area contributed by atoms with Gasteiger partial charge in [0.1, 0.15) is 0 Å². The molecule has 0 radical (unpaired) electrons. The number of hydrogen-bond donors (Lipinski definition) is 0. The lowest BCUT2D eigenvalue weighted by atomic mass is 10.1. The van der Waals surface area contributed by atoms with Gasteiger partial charge in [-0.05, 0) is 24.1 Å². The van der Waals surface area contributed by atoms with Crippen molar-refractivity contribution in [2.75, 3.05) is 26.1 Å². The number of anilines is 1. The van der Waals surface area contributed by atoms with Gasteiger partial charge in [-0.15, -0.1) is 0 Å². The second-order valence-electron chi connectivity index (χ2n) is 3.59. The summed E-state index contributed by atoms with van der Waals surface area (Å²) in [7, 11) is 5.23. The van der Waals surface area contributed by atoms with Crippen LogP contribution in [0.25, 0.3) is 0 Å². The van der Waals surface area contributed by atoms with Gasteiger partial charge in [-0.2, -0.15) is 0 Å². The van der Waals surface area contributed by atoms with Gasteiger partial charge in [0.2, 0.25) is 0 Å². The molecule has 0 amide bonds. The Hall–Kier alpha value is -1.51. The van der Waals surface area contributed by atoms with Gasteiger partial charge < -0.3 is 9.64 Å². The van der Waals surface area contributed by atoms with Crippen LogP contribution in [0.5, 0.6) is 0 Å². The number of carbonyl (C=O) groups excluding carboxylic acids is 1. The summed E-state index contributed by atoms with van der Waals surface area (Å²) in [6, 6.07) is 5.80. The third kappa shape index (κ3) is 2.49. The van der Waals surface area contributed by atoms with Gasteiger partial charge in [-0.1, -0.05) is 13.0 Å². The summed E-state index contributed by atoms with van der Waals surface area (Å²) in [6.07, 6.45) is 0.961. The Morgan fingerprint density at radius 1 is 1.40 bits per heavy atom. The Kier molecular flexibility index (Phi) is 3.72. The lowest BCUT2D eigenvalue weighted by Gasteiger charge is -2.17. The summed E-state index contributed by atoms with van der Waals surface area (Å²) in [4.78, 5) is 13.4. The molecule has 1 aromatic rings. The first-order valence-electron chi connectivity index (χ1n) is 4.98. The monoisotopic (exact) mass is 207 g/mol. The normalized spacial score (nSPS) is 9.87. The van der Waals surface area contributed by atoms with E-state index in [0.29, 0.717) is 5.56 Å². The zero-order chi connectivity index (χ0) is 11.4. The quantitative estimate of drug-likeness (QED) is 0.711. The molecule has 0 aromatic heterocycles. The summed E-state index contributed by atoms with van der Waals surface area (Å²) in [5.74, 6) is -0.290. The van der Waals surface area contributed by atoms with E-state index >= 15 is 0 Å². The molecule has 0 saturated carbocycles. The number of ether oxygens (including phenoxy) is 1. The standard InChI is InChI=1S/C12H17NO2/c1-5-9-6-7-10(12(14)15-4)11(8-9)13(2)3/h6-8H,5H2,1-4H3. The van der Waals surface area contributed by atoms with Crippen molar-refractivity contribution in [1.82, 2.24) is 0 Å². The SMILES string of the molecule is CCc1ccc(C(=O)OC)c(N(C)C)c1. The molecule has 0 heterocycles. The molecule has 0 atom stereocenters. The van der Waals surface area contributed by atoms with Crippen LogP contribution in [0.15, 0.2) is 18.2 Å². The van der Waals surface area contributed by atoms with Crippen LogP contribution in [0.2, 0.25) is 0 Å². The third-order valence-electron chi connectivity index (χ3n) is 2.36. The first kappa shape index (κ1) is 11.6. The van der Waals surface area contributed by atoms with Crippen molar-refractivity contribution in [3.8, 4) is 0 Å². The van der Waals surface area contributed by atoms with Crippen LogP contribution in [-0.2, 0) is 11.2 Å². The molecule has 3 heteroatoms. The lowest BCUT2D eigenvalue weighted by molar-refractivity contribution is 0.0601. The molecule has 15 heavy (non-hydrogen) atoms. The molecule has 0 saturated heterocycles. The zero-order valence-corrected chi connectivity index (χ0v) is 9.70. The Labute approximate surface area is 90.7 Å². The number of esters is 1. The van der Waals surface area contributed by atoms with Crippen LogP contribution in [0.4, 0.5) is 5.69 Å². The van der Waals surface area contributed by atoms with Crippen molar-refractivity contribution >= 4 is 11.7 Å². The van der Waals surface area contributed by atoms with Crippen LogP contribution >= 0.6 is 0 Å². The summed E-state index contributed by atoms with van der Waals surface area (Å²) >= 11 is 0. The van der Waals surface area contributed by atoms with E-state index in [0.717, 1.165) is 12.1 Å². The maximum atomic E-state index is 11.5. The van der Waals surface area contributed by atoms with Crippen molar-refractivity contribution in [2.24, 2.45) is 0 Å². The topological polar surface area (TPSA) is 29.5 Å². The Balaban J connectivity index is 3.21. The van der Waals surface area contributed by atoms with Crippen molar-refractivity contribution < 1.29 is 9.53 Å². The first-order chi connectivity index (χ1) is 7.10. The fraction of sp³-hybridized carbons (Fsp3) is 0.417. The molecule has 1 aromatic carbocycles. The van der Waals surface area contributed by atoms with Crippen molar-refractivity contribution in [3.63, 3.8) is 0 Å². The number of rotatable bonds is 3. The highest BCUT2D eigenvalue weighted by Gasteiger charge is 2.13. The molecular weight excluding hydrogens is 190 g/mol. The highest BCUT2D eigenvalue weighted by Crippen LogP contribution is 2.21. The molecule has 3 nitrogen and oxygen atoms in total. The van der Waals surface area contributed by atoms with Gasteiger partial charge in [0.05, 0.1) is 18.4 Å². The van der Waals surface area contributed by atoms with Gasteiger partial charge in [0.15, 0.2) is 0 Å². The molecule has 0 bridgehead atoms. The van der Waals surface area contributed by atoms with Gasteiger partial charge in [0.25, 0.3) is 0 Å².